The van der Waals surface area contributed by atoms with E-state index in [4.69, 9.17) is 4.74 Å². The number of hydrogen-bond donors (Lipinski definition) is 3. The fourth-order valence-corrected chi connectivity index (χ4v) is 4.43. The van der Waals surface area contributed by atoms with Gasteiger partial charge in [-0.15, -0.1) is 0 Å². The van der Waals surface area contributed by atoms with Crippen LogP contribution in [0.4, 0.5) is 23.1 Å². The van der Waals surface area contributed by atoms with Gasteiger partial charge in [-0.3, -0.25) is 34.3 Å². The lowest BCUT2D eigenvalue weighted by Gasteiger charge is -2.32. The Hall–Kier alpha value is -4.29. The zero-order valence-electron chi connectivity index (χ0n) is 19.8. The van der Waals surface area contributed by atoms with E-state index in [-0.39, 0.29) is 47.0 Å². The molecule has 0 bridgehead atoms. The second kappa shape index (κ2) is 10.1. The number of nitro benzene ring substituents is 1. The van der Waals surface area contributed by atoms with Gasteiger partial charge in [0.25, 0.3) is 11.2 Å². The smallest absolute Gasteiger partial charge is 0.309 e. The predicted octanol–water partition coefficient (Wildman–Crippen LogP) is 1.83. The molecule has 13 heteroatoms. The number of aromatic amines is 1. The van der Waals surface area contributed by atoms with Crippen molar-refractivity contribution in [1.82, 2.24) is 9.97 Å². The number of carbonyl (C=O) groups is 3. The Morgan fingerprint density at radius 1 is 1.28 bits per heavy atom. The highest BCUT2D eigenvalue weighted by Crippen LogP contribution is 2.32. The molecule has 1 aromatic heterocycles. The number of nitrogens with one attached hydrogen (secondary N) is 3. The Morgan fingerprint density at radius 3 is 2.67 bits per heavy atom. The molecule has 13 nitrogen and oxygen atoms in total. The standard InChI is InChI=1S/C23H26N6O7/c1-3-36-22(33)13-6-8-28(9-7-13)23-26-19-18(21(32)27-23)15(11-17(30)25-19)20(31)24-14-5-4-12(2)16(10-14)29(34)35/h4-5,10,13,15H,3,6-9,11H2,1-2H3,(H,24,31)(H2,25,26,27,30,32)/t15-/m1/s1. The third-order valence-electron chi connectivity index (χ3n) is 6.34. The number of piperidine rings is 1. The normalized spacial score (nSPS) is 17.7. The summed E-state index contributed by atoms with van der Waals surface area (Å²) in [5, 5.41) is 16.3. The zero-order chi connectivity index (χ0) is 26.0. The maximum absolute atomic E-state index is 13.0. The van der Waals surface area contributed by atoms with E-state index in [0.717, 1.165) is 0 Å². The van der Waals surface area contributed by atoms with Crippen LogP contribution in [0.2, 0.25) is 0 Å². The number of benzene rings is 1. The molecule has 3 N–H and O–H groups in total. The molecule has 0 aliphatic carbocycles. The van der Waals surface area contributed by atoms with Crippen LogP contribution >= 0.6 is 0 Å². The Bertz CT molecular complexity index is 1280. The maximum Gasteiger partial charge on any atom is 0.309 e. The fourth-order valence-electron chi connectivity index (χ4n) is 4.43. The molecule has 1 fully saturated rings. The number of ether oxygens (including phenoxy) is 1. The molecule has 0 spiro atoms. The molecule has 0 unspecified atom stereocenters. The first-order valence-electron chi connectivity index (χ1n) is 11.6. The summed E-state index contributed by atoms with van der Waals surface area (Å²) in [7, 11) is 0. The molecule has 0 radical (unpaired) electrons. The van der Waals surface area contributed by atoms with Gasteiger partial charge in [0.2, 0.25) is 17.8 Å². The molecule has 36 heavy (non-hydrogen) atoms. The molecular formula is C23H26N6O7. The first-order valence-corrected chi connectivity index (χ1v) is 11.6. The summed E-state index contributed by atoms with van der Waals surface area (Å²) in [5.74, 6) is -2.51. The summed E-state index contributed by atoms with van der Waals surface area (Å²) in [6.45, 7) is 4.55. The maximum atomic E-state index is 13.0. The molecule has 190 valence electrons. The Kier molecular flexibility index (Phi) is 6.99. The van der Waals surface area contributed by atoms with Crippen LogP contribution in [0.15, 0.2) is 23.0 Å². The van der Waals surface area contributed by atoms with Gasteiger partial charge in [0, 0.05) is 36.8 Å². The monoisotopic (exact) mass is 498 g/mol. The van der Waals surface area contributed by atoms with Crippen molar-refractivity contribution < 1.29 is 24.0 Å². The predicted molar refractivity (Wildman–Crippen MR) is 129 cm³/mol. The quantitative estimate of drug-likeness (QED) is 0.304. The van der Waals surface area contributed by atoms with E-state index < -0.39 is 28.2 Å². The number of nitro groups is 1. The third-order valence-corrected chi connectivity index (χ3v) is 6.34. The van der Waals surface area contributed by atoms with Gasteiger partial charge in [-0.2, -0.15) is 4.98 Å². The van der Waals surface area contributed by atoms with Gasteiger partial charge in [0.15, 0.2) is 0 Å². The Morgan fingerprint density at radius 2 is 2.00 bits per heavy atom. The lowest BCUT2D eigenvalue weighted by molar-refractivity contribution is -0.385. The largest absolute Gasteiger partial charge is 0.466 e. The van der Waals surface area contributed by atoms with E-state index >= 15 is 0 Å². The van der Waals surface area contributed by atoms with Crippen molar-refractivity contribution in [1.29, 1.82) is 0 Å². The summed E-state index contributed by atoms with van der Waals surface area (Å²) >= 11 is 0. The molecule has 2 aliphatic rings. The van der Waals surface area contributed by atoms with Crippen LogP contribution in [0.25, 0.3) is 0 Å². The highest BCUT2D eigenvalue weighted by atomic mass is 16.6. The van der Waals surface area contributed by atoms with Crippen LogP contribution in [0, 0.1) is 23.0 Å². The van der Waals surface area contributed by atoms with Crippen molar-refractivity contribution in [2.75, 3.05) is 35.2 Å². The summed E-state index contributed by atoms with van der Waals surface area (Å²) < 4.78 is 5.08. The SMILES string of the molecule is CCOC(=O)C1CCN(c2nc3c(c(=O)[nH]2)[C@H](C(=O)Nc2ccc(C)c([N+](=O)[O-])c2)CC(=O)N3)CC1. The first kappa shape index (κ1) is 24.8. The minimum absolute atomic E-state index is 0.00690. The number of esters is 1. The summed E-state index contributed by atoms with van der Waals surface area (Å²) in [5.41, 5.74) is -0.114. The number of carbonyl (C=O) groups excluding carboxylic acids is 3. The minimum Gasteiger partial charge on any atom is -0.466 e. The number of fused-ring (bicyclic) bond motifs is 1. The van der Waals surface area contributed by atoms with Crippen molar-refractivity contribution in [3.05, 3.63) is 49.8 Å². The molecular weight excluding hydrogens is 472 g/mol. The number of H-pyrrole nitrogens is 1. The number of rotatable bonds is 6. The molecule has 4 rings (SSSR count). The summed E-state index contributed by atoms with van der Waals surface area (Å²) in [4.78, 5) is 70.0. The van der Waals surface area contributed by atoms with Crippen LogP contribution < -0.4 is 21.1 Å². The van der Waals surface area contributed by atoms with Gasteiger partial charge in [-0.1, -0.05) is 6.07 Å². The van der Waals surface area contributed by atoms with E-state index in [9.17, 15) is 29.3 Å². The first-order chi connectivity index (χ1) is 17.2. The van der Waals surface area contributed by atoms with Crippen molar-refractivity contribution >= 4 is 40.9 Å². The topological polar surface area (TPSA) is 177 Å². The Labute approximate surface area is 205 Å². The number of anilines is 3. The van der Waals surface area contributed by atoms with Crippen LogP contribution in [0.5, 0.6) is 0 Å². The van der Waals surface area contributed by atoms with Crippen LogP contribution in [-0.2, 0) is 19.1 Å². The lowest BCUT2D eigenvalue weighted by atomic mass is 9.92. The van der Waals surface area contributed by atoms with Crippen molar-refractivity contribution in [3.63, 3.8) is 0 Å². The average molecular weight is 498 g/mol. The summed E-state index contributed by atoms with van der Waals surface area (Å²) in [6, 6.07) is 4.24. The second-order valence-corrected chi connectivity index (χ2v) is 8.72. The Balaban J connectivity index is 1.55. The van der Waals surface area contributed by atoms with E-state index in [1.54, 1.807) is 18.7 Å². The molecule has 2 amide bonds. The average Bonchev–Trinajstić information content (AvgIpc) is 2.84. The van der Waals surface area contributed by atoms with Gasteiger partial charge >= 0.3 is 5.97 Å². The number of nitrogens with zero attached hydrogens (tertiary/aromatic N) is 3. The van der Waals surface area contributed by atoms with E-state index in [0.29, 0.717) is 38.1 Å². The number of aromatic nitrogens is 2. The summed E-state index contributed by atoms with van der Waals surface area (Å²) in [6.07, 6.45) is 0.779. The van der Waals surface area contributed by atoms with Gasteiger partial charge in [0.1, 0.15) is 5.82 Å². The van der Waals surface area contributed by atoms with Gasteiger partial charge in [0.05, 0.1) is 28.9 Å². The van der Waals surface area contributed by atoms with E-state index in [1.807, 2.05) is 0 Å². The molecule has 3 heterocycles. The van der Waals surface area contributed by atoms with Crippen molar-refractivity contribution in [2.24, 2.45) is 5.92 Å². The second-order valence-electron chi connectivity index (χ2n) is 8.72. The molecule has 0 saturated carbocycles. The number of aryl methyl sites for hydroxylation is 1. The van der Waals surface area contributed by atoms with Crippen LogP contribution in [-0.4, -0.2) is 52.4 Å². The van der Waals surface area contributed by atoms with E-state index in [1.165, 1.54) is 18.2 Å². The highest BCUT2D eigenvalue weighted by Gasteiger charge is 2.36. The molecule has 1 saturated heterocycles. The van der Waals surface area contributed by atoms with Crippen molar-refractivity contribution in [2.45, 2.75) is 39.0 Å². The number of hydrogen-bond acceptors (Lipinski definition) is 9. The molecule has 2 aliphatic heterocycles. The third kappa shape index (κ3) is 5.04. The lowest BCUT2D eigenvalue weighted by Crippen LogP contribution is -2.41. The van der Waals surface area contributed by atoms with Crippen molar-refractivity contribution in [3.8, 4) is 0 Å². The molecule has 2 aromatic rings. The van der Waals surface area contributed by atoms with Crippen LogP contribution in [0.3, 0.4) is 0 Å². The van der Waals surface area contributed by atoms with Gasteiger partial charge < -0.3 is 20.3 Å². The molecule has 1 atom stereocenters. The minimum atomic E-state index is -1.13. The van der Waals surface area contributed by atoms with Gasteiger partial charge in [-0.25, -0.2) is 0 Å². The van der Waals surface area contributed by atoms with Gasteiger partial charge in [-0.05, 0) is 32.8 Å². The van der Waals surface area contributed by atoms with E-state index in [2.05, 4.69) is 20.6 Å². The highest BCUT2D eigenvalue weighted by molar-refractivity contribution is 6.04. The van der Waals surface area contributed by atoms with Crippen LogP contribution in [0.1, 0.15) is 43.2 Å². The number of amides is 2. The fraction of sp³-hybridized carbons (Fsp3) is 0.435. The zero-order valence-corrected chi connectivity index (χ0v) is 19.8. The molecule has 1 aromatic carbocycles.